The van der Waals surface area contributed by atoms with Crippen molar-refractivity contribution >= 4 is 17.7 Å². The number of nitriles is 1. The van der Waals surface area contributed by atoms with Crippen LogP contribution in [-0.4, -0.2) is 41.3 Å². The van der Waals surface area contributed by atoms with Crippen molar-refractivity contribution in [2.45, 2.75) is 31.8 Å². The van der Waals surface area contributed by atoms with Gasteiger partial charge in [0.25, 0.3) is 0 Å². The number of halogens is 1. The first-order chi connectivity index (χ1) is 13.8. The second-order valence-electron chi connectivity index (χ2n) is 6.97. The molecule has 1 fully saturated rings. The van der Waals surface area contributed by atoms with Crippen molar-refractivity contribution in [3.63, 3.8) is 0 Å². The molecule has 8 heteroatoms. The van der Waals surface area contributed by atoms with Gasteiger partial charge >= 0.3 is 5.97 Å². The molecule has 1 saturated heterocycles. The fourth-order valence-electron chi connectivity index (χ4n) is 4.14. The first-order valence-corrected chi connectivity index (χ1v) is 9.09. The number of nitrogens with two attached hydrogens (primary N) is 1. The summed E-state index contributed by atoms with van der Waals surface area (Å²) >= 11 is 0. The summed E-state index contributed by atoms with van der Waals surface area (Å²) in [6.45, 7) is 3.01. The number of allylic oxidation sites excluding steroid dienone is 2. The normalized spacial score (nSPS) is 27.6. The number of esters is 1. The number of primary amides is 1. The number of hydrogen-bond donors (Lipinski definition) is 1. The molecule has 1 aromatic rings. The van der Waals surface area contributed by atoms with Gasteiger partial charge in [0, 0.05) is 17.7 Å². The van der Waals surface area contributed by atoms with Crippen LogP contribution in [0.5, 0.6) is 0 Å². The standard InChI is InChI=1S/C21H20FN3O4/c1-3-29-20(28)21(11-23)16-9-6-14(12(2)26)10-25(16)18(19(24)27)17(21)13-4-7-15(22)8-5-13/h4-10,16-18H,3H2,1-2H3,(H2,24,27)/t16-,17+,18-,21-/m0/s1. The van der Waals surface area contributed by atoms with E-state index >= 15 is 0 Å². The molecule has 3 rings (SSSR count). The number of amides is 1. The van der Waals surface area contributed by atoms with Gasteiger partial charge < -0.3 is 15.4 Å². The Hall–Kier alpha value is -3.47. The van der Waals surface area contributed by atoms with Crippen LogP contribution in [0, 0.1) is 22.6 Å². The van der Waals surface area contributed by atoms with Gasteiger partial charge in [0.2, 0.25) is 5.91 Å². The number of ketones is 1. The molecule has 2 aliphatic heterocycles. The van der Waals surface area contributed by atoms with Gasteiger partial charge in [0.05, 0.1) is 18.7 Å². The number of fused-ring (bicyclic) bond motifs is 1. The first-order valence-electron chi connectivity index (χ1n) is 9.09. The molecular formula is C21H20FN3O4. The van der Waals surface area contributed by atoms with E-state index in [0.29, 0.717) is 11.1 Å². The lowest BCUT2D eigenvalue weighted by molar-refractivity contribution is -0.153. The molecule has 0 bridgehead atoms. The third kappa shape index (κ3) is 3.09. The van der Waals surface area contributed by atoms with Crippen molar-refractivity contribution in [2.24, 2.45) is 11.1 Å². The Kier molecular flexibility index (Phi) is 5.25. The third-order valence-corrected chi connectivity index (χ3v) is 5.39. The van der Waals surface area contributed by atoms with Crippen LogP contribution in [0.1, 0.15) is 25.3 Å². The Labute approximate surface area is 167 Å². The van der Waals surface area contributed by atoms with E-state index in [1.54, 1.807) is 6.92 Å². The van der Waals surface area contributed by atoms with Crippen LogP contribution in [0.25, 0.3) is 0 Å². The van der Waals surface area contributed by atoms with E-state index < -0.39 is 41.1 Å². The van der Waals surface area contributed by atoms with Crippen LogP contribution in [0.4, 0.5) is 4.39 Å². The zero-order valence-electron chi connectivity index (χ0n) is 16.0. The van der Waals surface area contributed by atoms with Crippen molar-refractivity contribution < 1.29 is 23.5 Å². The fraction of sp³-hybridized carbons (Fsp3) is 0.333. The second kappa shape index (κ2) is 7.51. The van der Waals surface area contributed by atoms with E-state index in [4.69, 9.17) is 10.5 Å². The molecule has 29 heavy (non-hydrogen) atoms. The predicted molar refractivity (Wildman–Crippen MR) is 100 cm³/mol. The van der Waals surface area contributed by atoms with Crippen LogP contribution in [0.15, 0.2) is 48.2 Å². The van der Waals surface area contributed by atoms with Crippen LogP contribution in [0.2, 0.25) is 0 Å². The van der Waals surface area contributed by atoms with Crippen LogP contribution >= 0.6 is 0 Å². The first kappa shape index (κ1) is 20.3. The molecule has 1 amide bonds. The molecule has 0 aliphatic carbocycles. The molecule has 0 radical (unpaired) electrons. The smallest absolute Gasteiger partial charge is 0.329 e. The Morgan fingerprint density at radius 3 is 2.48 bits per heavy atom. The highest BCUT2D eigenvalue weighted by Gasteiger charge is 2.66. The van der Waals surface area contributed by atoms with E-state index in [1.807, 2.05) is 0 Å². The lowest BCUT2D eigenvalue weighted by atomic mass is 9.68. The second-order valence-corrected chi connectivity index (χ2v) is 6.97. The van der Waals surface area contributed by atoms with Crippen molar-refractivity contribution in [2.75, 3.05) is 6.61 Å². The zero-order valence-corrected chi connectivity index (χ0v) is 16.0. The van der Waals surface area contributed by atoms with E-state index in [2.05, 4.69) is 6.07 Å². The number of carbonyl (C=O) groups excluding carboxylic acids is 3. The minimum absolute atomic E-state index is 0.0323. The van der Waals surface area contributed by atoms with Crippen molar-refractivity contribution in [3.05, 3.63) is 59.6 Å². The molecule has 0 saturated carbocycles. The number of benzene rings is 1. The van der Waals surface area contributed by atoms with Gasteiger partial charge in [0.1, 0.15) is 11.9 Å². The van der Waals surface area contributed by atoms with E-state index in [9.17, 15) is 24.0 Å². The molecule has 1 aromatic carbocycles. The Balaban J connectivity index is 2.28. The fourth-order valence-corrected chi connectivity index (χ4v) is 4.14. The quantitative estimate of drug-likeness (QED) is 0.755. The molecule has 0 aromatic heterocycles. The Bertz CT molecular complexity index is 963. The van der Waals surface area contributed by atoms with Crippen LogP contribution in [0.3, 0.4) is 0 Å². The molecule has 2 N–H and O–H groups in total. The highest BCUT2D eigenvalue weighted by molar-refractivity contribution is 5.97. The van der Waals surface area contributed by atoms with Crippen LogP contribution in [-0.2, 0) is 19.1 Å². The lowest BCUT2D eigenvalue weighted by Crippen LogP contribution is -2.45. The van der Waals surface area contributed by atoms with Gasteiger partial charge in [-0.25, -0.2) is 4.39 Å². The maximum Gasteiger partial charge on any atom is 0.329 e. The monoisotopic (exact) mass is 397 g/mol. The van der Waals surface area contributed by atoms with E-state index in [-0.39, 0.29) is 12.4 Å². The lowest BCUT2D eigenvalue weighted by Gasteiger charge is -2.32. The largest absolute Gasteiger partial charge is 0.465 e. The van der Waals surface area contributed by atoms with E-state index in [0.717, 1.165) is 0 Å². The maximum absolute atomic E-state index is 13.5. The molecule has 150 valence electrons. The van der Waals surface area contributed by atoms with Crippen molar-refractivity contribution in [3.8, 4) is 6.07 Å². The average Bonchev–Trinajstić information content (AvgIpc) is 2.99. The van der Waals surface area contributed by atoms with Crippen LogP contribution < -0.4 is 5.73 Å². The molecule has 2 aliphatic rings. The summed E-state index contributed by atoms with van der Waals surface area (Å²) in [5, 5.41) is 10.2. The number of carbonyl (C=O) groups is 3. The number of hydrogen-bond acceptors (Lipinski definition) is 6. The molecule has 0 spiro atoms. The number of Topliss-reactive ketones (excluding diaryl/α,β-unsaturated/α-hetero) is 1. The van der Waals surface area contributed by atoms with Crippen molar-refractivity contribution in [1.29, 1.82) is 5.26 Å². The molecule has 4 atom stereocenters. The molecule has 0 unspecified atom stereocenters. The molecule has 7 nitrogen and oxygen atoms in total. The summed E-state index contributed by atoms with van der Waals surface area (Å²) in [4.78, 5) is 38.9. The summed E-state index contributed by atoms with van der Waals surface area (Å²) in [6.07, 6.45) is 4.49. The highest BCUT2D eigenvalue weighted by atomic mass is 19.1. The SMILES string of the molecule is CCOC(=O)[C@]1(C#N)[C@H](c2ccc(F)cc2)[C@@H](C(N)=O)N2C=C(C(C)=O)C=C[C@H]21. The van der Waals surface area contributed by atoms with E-state index in [1.165, 1.54) is 54.4 Å². The average molecular weight is 397 g/mol. The summed E-state index contributed by atoms with van der Waals surface area (Å²) in [5.74, 6) is -3.36. The minimum atomic E-state index is -1.82. The van der Waals surface area contributed by atoms with Gasteiger partial charge in [0.15, 0.2) is 11.2 Å². The Morgan fingerprint density at radius 1 is 1.31 bits per heavy atom. The van der Waals surface area contributed by atoms with Gasteiger partial charge in [-0.1, -0.05) is 24.3 Å². The highest BCUT2D eigenvalue weighted by Crippen LogP contribution is 2.53. The third-order valence-electron chi connectivity index (χ3n) is 5.39. The summed E-state index contributed by atoms with van der Waals surface area (Å²) in [5.41, 5.74) is 4.56. The number of nitrogens with zero attached hydrogens (tertiary/aromatic N) is 2. The van der Waals surface area contributed by atoms with Crippen molar-refractivity contribution in [1.82, 2.24) is 4.90 Å². The summed E-state index contributed by atoms with van der Waals surface area (Å²) in [7, 11) is 0. The topological polar surface area (TPSA) is 113 Å². The Morgan fingerprint density at radius 2 is 1.97 bits per heavy atom. The van der Waals surface area contributed by atoms with Gasteiger partial charge in [-0.3, -0.25) is 14.4 Å². The molecular weight excluding hydrogens is 377 g/mol. The molecule has 2 heterocycles. The van der Waals surface area contributed by atoms with Gasteiger partial charge in [-0.15, -0.1) is 0 Å². The number of ether oxygens (including phenoxy) is 1. The minimum Gasteiger partial charge on any atom is -0.465 e. The van der Waals surface area contributed by atoms with Gasteiger partial charge in [-0.2, -0.15) is 5.26 Å². The maximum atomic E-state index is 13.5. The summed E-state index contributed by atoms with van der Waals surface area (Å²) in [6, 6.07) is 5.27. The zero-order chi connectivity index (χ0) is 21.3. The number of rotatable bonds is 5. The summed E-state index contributed by atoms with van der Waals surface area (Å²) < 4.78 is 18.7. The van der Waals surface area contributed by atoms with Gasteiger partial charge in [-0.05, 0) is 31.5 Å². The predicted octanol–water partition coefficient (Wildman–Crippen LogP) is 1.56.